The van der Waals surface area contributed by atoms with Crippen LogP contribution in [0.15, 0.2) is 91.0 Å². The van der Waals surface area contributed by atoms with Gasteiger partial charge in [0.15, 0.2) is 0 Å². The first kappa shape index (κ1) is 19.8. The van der Waals surface area contributed by atoms with Gasteiger partial charge < -0.3 is 15.5 Å². The maximum Gasteiger partial charge on any atom is 0.320 e. The molecular formula is C27H24N4O. The highest BCUT2D eigenvalue weighted by Gasteiger charge is 2.31. The van der Waals surface area contributed by atoms with E-state index in [1.54, 1.807) is 0 Å². The predicted molar refractivity (Wildman–Crippen MR) is 130 cm³/mol. The van der Waals surface area contributed by atoms with Gasteiger partial charge in [-0.25, -0.2) is 9.78 Å². The summed E-state index contributed by atoms with van der Waals surface area (Å²) in [7, 11) is 4.03. The highest BCUT2D eigenvalue weighted by molar-refractivity contribution is 6.03. The monoisotopic (exact) mass is 420 g/mol. The first-order valence-corrected chi connectivity index (χ1v) is 10.6. The number of hydrogen-bond acceptors (Lipinski definition) is 3. The van der Waals surface area contributed by atoms with Crippen LogP contribution in [0.1, 0.15) is 22.9 Å². The molecule has 0 radical (unpaired) electrons. The number of anilines is 1. The maximum atomic E-state index is 12.7. The molecule has 1 aromatic heterocycles. The van der Waals surface area contributed by atoms with Crippen molar-refractivity contribution in [2.24, 2.45) is 0 Å². The van der Waals surface area contributed by atoms with Crippen LogP contribution in [0.4, 0.5) is 10.5 Å². The van der Waals surface area contributed by atoms with Gasteiger partial charge in [0.1, 0.15) is 0 Å². The number of carbonyl (C=O) groups excluding carboxylic acids is 1. The Balaban J connectivity index is 1.72. The molecular weight excluding hydrogens is 396 g/mol. The maximum absolute atomic E-state index is 12.7. The molecule has 5 rings (SSSR count). The van der Waals surface area contributed by atoms with Gasteiger partial charge in [0.2, 0.25) is 0 Å². The van der Waals surface area contributed by atoms with Gasteiger partial charge in [-0.05, 0) is 35.4 Å². The first-order chi connectivity index (χ1) is 15.6. The lowest BCUT2D eigenvalue weighted by atomic mass is 9.90. The van der Waals surface area contributed by atoms with Crippen molar-refractivity contribution in [1.29, 1.82) is 0 Å². The third-order valence-electron chi connectivity index (χ3n) is 5.75. The average Bonchev–Trinajstić information content (AvgIpc) is 2.84. The van der Waals surface area contributed by atoms with Crippen molar-refractivity contribution in [1.82, 2.24) is 15.6 Å². The quantitative estimate of drug-likeness (QED) is 0.476. The zero-order chi connectivity index (χ0) is 22.1. The summed E-state index contributed by atoms with van der Waals surface area (Å²) in [4.78, 5) is 19.7. The van der Waals surface area contributed by atoms with Gasteiger partial charge in [0.05, 0.1) is 22.9 Å². The van der Waals surface area contributed by atoms with E-state index in [1.807, 2.05) is 68.7 Å². The minimum Gasteiger partial charge on any atom is -0.378 e. The van der Waals surface area contributed by atoms with Crippen LogP contribution < -0.4 is 15.5 Å². The standard InChI is InChI=1S/C27H24N4O/c1-31(2)21-15-12-20(13-16-21)26-24(23-17-14-18-8-6-7-11-22(18)28-23)25(29-27(32)30-26)19-9-4-3-5-10-19/h3-17,26H,1-2H3,(H2,29,30,32). The van der Waals surface area contributed by atoms with Gasteiger partial charge in [-0.2, -0.15) is 0 Å². The Labute approximate surface area is 187 Å². The normalized spacial score (nSPS) is 15.9. The molecule has 0 aliphatic carbocycles. The molecule has 2 amide bonds. The van der Waals surface area contributed by atoms with Gasteiger partial charge in [-0.3, -0.25) is 0 Å². The molecule has 4 aromatic rings. The third-order valence-corrected chi connectivity index (χ3v) is 5.75. The number of urea groups is 1. The largest absolute Gasteiger partial charge is 0.378 e. The van der Waals surface area contributed by atoms with E-state index in [1.165, 1.54) is 0 Å². The molecule has 2 N–H and O–H groups in total. The van der Waals surface area contributed by atoms with E-state index in [0.29, 0.717) is 0 Å². The molecule has 32 heavy (non-hydrogen) atoms. The number of fused-ring (bicyclic) bond motifs is 1. The van der Waals surface area contributed by atoms with E-state index in [0.717, 1.165) is 44.7 Å². The number of pyridine rings is 1. The van der Waals surface area contributed by atoms with Gasteiger partial charge in [-0.15, -0.1) is 0 Å². The average molecular weight is 421 g/mol. The molecule has 0 saturated heterocycles. The predicted octanol–water partition coefficient (Wildman–Crippen LogP) is 5.22. The number of aromatic nitrogens is 1. The fourth-order valence-corrected chi connectivity index (χ4v) is 4.10. The smallest absolute Gasteiger partial charge is 0.320 e. The van der Waals surface area contributed by atoms with Crippen molar-refractivity contribution in [2.75, 3.05) is 19.0 Å². The Kier molecular flexibility index (Phi) is 5.07. The van der Waals surface area contributed by atoms with Crippen LogP contribution in [-0.2, 0) is 0 Å². The van der Waals surface area contributed by atoms with Crippen LogP contribution in [0.3, 0.4) is 0 Å². The molecule has 1 aliphatic heterocycles. The van der Waals surface area contributed by atoms with E-state index in [4.69, 9.17) is 4.98 Å². The number of carbonyl (C=O) groups is 1. The Hall–Kier alpha value is -4.12. The molecule has 0 saturated carbocycles. The summed E-state index contributed by atoms with van der Waals surface area (Å²) < 4.78 is 0. The fourth-order valence-electron chi connectivity index (χ4n) is 4.10. The summed E-state index contributed by atoms with van der Waals surface area (Å²) in [5, 5.41) is 7.24. The Morgan fingerprint density at radius 2 is 1.53 bits per heavy atom. The van der Waals surface area contributed by atoms with E-state index in [-0.39, 0.29) is 12.1 Å². The lowest BCUT2D eigenvalue weighted by Gasteiger charge is -2.31. The second-order valence-corrected chi connectivity index (χ2v) is 8.06. The fraction of sp³-hybridized carbons (Fsp3) is 0.111. The molecule has 0 spiro atoms. The zero-order valence-corrected chi connectivity index (χ0v) is 18.0. The van der Waals surface area contributed by atoms with E-state index in [9.17, 15) is 4.79 Å². The van der Waals surface area contributed by atoms with Gasteiger partial charge in [0.25, 0.3) is 0 Å². The molecule has 1 unspecified atom stereocenters. The second-order valence-electron chi connectivity index (χ2n) is 8.06. The van der Waals surface area contributed by atoms with Gasteiger partial charge in [-0.1, -0.05) is 66.7 Å². The number of hydrogen-bond donors (Lipinski definition) is 2. The number of rotatable bonds is 4. The summed E-state index contributed by atoms with van der Waals surface area (Å²) >= 11 is 0. The van der Waals surface area contributed by atoms with Crippen LogP contribution in [0.5, 0.6) is 0 Å². The van der Waals surface area contributed by atoms with Crippen LogP contribution >= 0.6 is 0 Å². The van der Waals surface area contributed by atoms with Gasteiger partial charge in [0, 0.05) is 30.7 Å². The summed E-state index contributed by atoms with van der Waals surface area (Å²) in [6.07, 6.45) is 0. The molecule has 2 heterocycles. The molecule has 0 bridgehead atoms. The summed E-state index contributed by atoms with van der Waals surface area (Å²) in [5.41, 5.74) is 6.52. The van der Waals surface area contributed by atoms with Crippen molar-refractivity contribution < 1.29 is 4.79 Å². The topological polar surface area (TPSA) is 57.3 Å². The van der Waals surface area contributed by atoms with Crippen LogP contribution in [0, 0.1) is 0 Å². The molecule has 3 aromatic carbocycles. The molecule has 158 valence electrons. The van der Waals surface area contributed by atoms with E-state index in [2.05, 4.69) is 51.9 Å². The Morgan fingerprint density at radius 3 is 2.28 bits per heavy atom. The molecule has 0 fully saturated rings. The van der Waals surface area contributed by atoms with Gasteiger partial charge >= 0.3 is 6.03 Å². The second kappa shape index (κ2) is 8.19. The Bertz CT molecular complexity index is 1310. The molecule has 5 heteroatoms. The SMILES string of the molecule is CN(C)c1ccc(C2NC(=O)NC(c3ccccc3)=C2c2ccc3ccccc3n2)cc1. The highest BCUT2D eigenvalue weighted by atomic mass is 16.2. The van der Waals surface area contributed by atoms with Crippen molar-refractivity contribution in [3.8, 4) is 0 Å². The number of amides is 2. The van der Waals surface area contributed by atoms with Crippen molar-refractivity contribution in [2.45, 2.75) is 6.04 Å². The minimum absolute atomic E-state index is 0.227. The summed E-state index contributed by atoms with van der Waals surface area (Å²) in [6.45, 7) is 0. The molecule has 1 aliphatic rings. The van der Waals surface area contributed by atoms with Crippen molar-refractivity contribution in [3.05, 3.63) is 108 Å². The zero-order valence-electron chi connectivity index (χ0n) is 18.0. The van der Waals surface area contributed by atoms with E-state index >= 15 is 0 Å². The number of benzene rings is 3. The first-order valence-electron chi connectivity index (χ1n) is 10.6. The summed E-state index contributed by atoms with van der Waals surface area (Å²) in [6, 6.07) is 29.8. The Morgan fingerprint density at radius 1 is 0.812 bits per heavy atom. The lowest BCUT2D eigenvalue weighted by molar-refractivity contribution is 0.242. The lowest BCUT2D eigenvalue weighted by Crippen LogP contribution is -2.43. The highest BCUT2D eigenvalue weighted by Crippen LogP contribution is 2.38. The minimum atomic E-state index is -0.330. The number of nitrogens with zero attached hydrogens (tertiary/aromatic N) is 2. The van der Waals surface area contributed by atoms with Crippen LogP contribution in [0.2, 0.25) is 0 Å². The van der Waals surface area contributed by atoms with Crippen LogP contribution in [0.25, 0.3) is 22.2 Å². The van der Waals surface area contributed by atoms with Crippen molar-refractivity contribution in [3.63, 3.8) is 0 Å². The summed E-state index contributed by atoms with van der Waals surface area (Å²) in [5.74, 6) is 0. The molecule has 5 nitrogen and oxygen atoms in total. The van der Waals surface area contributed by atoms with E-state index < -0.39 is 0 Å². The van der Waals surface area contributed by atoms with Crippen LogP contribution in [-0.4, -0.2) is 25.1 Å². The third kappa shape index (κ3) is 3.69. The molecule has 1 atom stereocenters. The number of nitrogens with one attached hydrogen (secondary N) is 2. The van der Waals surface area contributed by atoms with Crippen molar-refractivity contribution >= 4 is 33.9 Å². The number of para-hydroxylation sites is 1.